The summed E-state index contributed by atoms with van der Waals surface area (Å²) in [7, 11) is -4.52. The van der Waals surface area contributed by atoms with E-state index < -0.39 is 20.6 Å². The van der Waals surface area contributed by atoms with Crippen LogP contribution in [0.1, 0.15) is 0 Å². The molecular weight excluding hydrogens is 2600 g/mol. The summed E-state index contributed by atoms with van der Waals surface area (Å²) in [5.41, 5.74) is 20.8. The van der Waals surface area contributed by atoms with E-state index in [9.17, 15) is 12.6 Å². The molecule has 0 fully saturated rings. The molecule has 0 saturated carbocycles. The number of nitrogens with zero attached hydrogens (tertiary/aromatic N) is 10. The van der Waals surface area contributed by atoms with Gasteiger partial charge in [-0.05, 0) is 123 Å². The maximum Gasteiger partial charge on any atom is 0.135 e. The summed E-state index contributed by atoms with van der Waals surface area (Å²) in [6, 6.07) is 127. The molecule has 0 aliphatic carbocycles. The first-order valence-corrected chi connectivity index (χ1v) is 44.8. The van der Waals surface area contributed by atoms with Gasteiger partial charge in [0.25, 0.3) is 0 Å². The fourth-order valence-corrected chi connectivity index (χ4v) is 22.0. The Morgan fingerprint density at radius 1 is 0.289 bits per heavy atom. The first-order chi connectivity index (χ1) is 60.6. The van der Waals surface area contributed by atoms with E-state index in [1.165, 1.54) is 50.6 Å². The third kappa shape index (κ3) is 18.0. The minimum atomic E-state index is -3.43. The van der Waals surface area contributed by atoms with Crippen LogP contribution >= 0.6 is 11.3 Å². The minimum Gasteiger partial charge on any atom is -0.456 e. The van der Waals surface area contributed by atoms with Gasteiger partial charge in [-0.2, -0.15) is 117 Å². The van der Waals surface area contributed by atoms with E-state index in [1.807, 2.05) is 280 Å². The summed E-state index contributed by atoms with van der Waals surface area (Å²) >= 11 is 2.27. The van der Waals surface area contributed by atoms with Crippen LogP contribution in [-0.2, 0) is 121 Å². The molecule has 128 heavy (non-hydrogen) atoms. The minimum absolute atomic E-state index is 0. The Hall–Kier alpha value is -11.8. The van der Waals surface area contributed by atoms with E-state index in [0.29, 0.717) is 24.3 Å². The van der Waals surface area contributed by atoms with E-state index in [-0.39, 0.29) is 101 Å². The van der Waals surface area contributed by atoms with E-state index in [4.69, 9.17) is 4.42 Å². The Morgan fingerprint density at radius 3 is 1.19 bits per heavy atom. The molecule has 633 valence electrons. The number of sulfone groups is 1. The van der Waals surface area contributed by atoms with Crippen molar-refractivity contribution in [2.75, 3.05) is 0 Å². The molecule has 14 nitrogen and oxygen atoms in total. The number of benzene rings is 15. The number of fused-ring (bicyclic) bond motifs is 15. The summed E-state index contributed by atoms with van der Waals surface area (Å²) < 4.78 is 58.6. The van der Waals surface area contributed by atoms with Crippen LogP contribution in [-0.4, -0.2) is 76.0 Å². The average molecular weight is 2670 g/mol. The van der Waals surface area contributed by atoms with Gasteiger partial charge in [-0.1, -0.05) is 97.1 Å². The van der Waals surface area contributed by atoms with Gasteiger partial charge >= 0.3 is 146 Å². The number of furan rings is 1. The molecule has 23 aromatic rings. The SMILES string of the molecule is O=S1(=O)c2ccccc2-c2cc(-c3cnn(-c4[c-]cccc4)c3)ccc21.O=S1c2ccccc2-c2cc(-c3cnn(-c4[c-]cccc4)c3)ccc21.[Ir].[Ir].[Ir].[Ir].[Ir].[c-]1ccccc1-n1cc(-c2ccc3[se]c4ccccc4c3c2)cn1.[c-]1ccccc1-n1cc(-c2ccc3oc4ccccc4c3c2)cn1.[c-]1ccccc1-n1cc(-c2ccc3sc4ccccc4c3c2)cn1. The van der Waals surface area contributed by atoms with Crippen molar-refractivity contribution < 1.29 is 118 Å². The molecule has 1 unspecified atom stereocenters. The molecule has 1 atom stereocenters. The molecule has 0 saturated heterocycles. The van der Waals surface area contributed by atoms with Crippen LogP contribution < -0.4 is 0 Å². The largest absolute Gasteiger partial charge is 0.456 e. The summed E-state index contributed by atoms with van der Waals surface area (Å²) in [6.45, 7) is 0. The molecule has 2 aliphatic heterocycles. The number of para-hydroxylation sites is 6. The van der Waals surface area contributed by atoms with Gasteiger partial charge in [0.15, 0.2) is 0 Å². The molecule has 0 N–H and O–H groups in total. The first-order valence-electron chi connectivity index (χ1n) is 39.6. The van der Waals surface area contributed by atoms with Crippen molar-refractivity contribution >= 4 is 108 Å². The molecule has 0 spiro atoms. The van der Waals surface area contributed by atoms with Gasteiger partial charge in [-0.15, -0.1) is 35.6 Å². The molecule has 10 heterocycles. The van der Waals surface area contributed by atoms with Crippen LogP contribution in [0.15, 0.2) is 420 Å². The Kier molecular flexibility index (Phi) is 27.6. The van der Waals surface area contributed by atoms with E-state index in [1.54, 1.807) is 29.1 Å². The molecule has 0 amide bonds. The second-order valence-corrected chi connectivity index (χ2v) is 35.9. The summed E-state index contributed by atoms with van der Waals surface area (Å²) in [4.78, 5) is 2.52. The van der Waals surface area contributed by atoms with Gasteiger partial charge in [0, 0.05) is 195 Å². The standard InChI is InChI=1S/C21H13N2O2S.C21H13N2OS.C21H13N2O.C21H13N2S.C21H13N2Se.5Ir/c24-26(25)20-9-5-4-8-18(20)19-12-15(10-11-21(19)26)16-13-22-23(14-16)17-6-2-1-3-7-17;24-25-20-9-5-4-8-18(20)19-12-15(10-11-21(19)25)16-13-22-23(14-16)17-6-2-1-3-7-17;3*1-2-6-17(7-3-1)23-14-16(13-22-23)15-10-11-21-19(12-15)18-8-4-5-9-20(18)24-21;;;;;/h1-6,8-14H;1-6,8-14H;3*1-6,8-14H;;;;;/q5*-1;;;;;. The van der Waals surface area contributed by atoms with Crippen LogP contribution in [0.5, 0.6) is 0 Å². The normalized spacial score (nSPS) is 12.1. The third-order valence-corrected chi connectivity index (χ3v) is 28.6. The van der Waals surface area contributed by atoms with Crippen molar-refractivity contribution in [3.8, 4) is 106 Å². The Morgan fingerprint density at radius 2 is 0.656 bits per heavy atom. The van der Waals surface area contributed by atoms with Crippen molar-refractivity contribution in [1.82, 2.24) is 48.9 Å². The first kappa shape index (κ1) is 89.6. The Labute approximate surface area is 817 Å². The fraction of sp³-hybridized carbons (Fsp3) is 0. The maximum absolute atomic E-state index is 12.7. The van der Waals surface area contributed by atoms with Gasteiger partial charge in [-0.3, -0.25) is 18.7 Å². The molecule has 8 aromatic heterocycles. The Bertz CT molecular complexity index is 7590. The van der Waals surface area contributed by atoms with Crippen molar-refractivity contribution in [2.24, 2.45) is 0 Å². The van der Waals surface area contributed by atoms with Crippen LogP contribution in [0.3, 0.4) is 0 Å². The van der Waals surface area contributed by atoms with Crippen LogP contribution in [0.25, 0.3) is 168 Å². The zero-order valence-corrected chi connectivity index (χ0v) is 83.1. The number of hydrogen-bond donors (Lipinski definition) is 0. The molecule has 23 heteroatoms. The predicted molar refractivity (Wildman–Crippen MR) is 492 cm³/mol. The van der Waals surface area contributed by atoms with Gasteiger partial charge < -0.3 is 4.42 Å². The summed E-state index contributed by atoms with van der Waals surface area (Å²) in [5.74, 6) is 0. The number of hydrogen-bond acceptors (Lipinski definition) is 10. The van der Waals surface area contributed by atoms with Gasteiger partial charge in [0.1, 0.15) is 11.2 Å². The van der Waals surface area contributed by atoms with Crippen LogP contribution in [0.4, 0.5) is 0 Å². The molecular formula is C105H65Ir5N10O4S3Se-5. The molecule has 15 aromatic carbocycles. The fourth-order valence-electron chi connectivity index (χ4n) is 15.6. The zero-order valence-electron chi connectivity index (χ0n) is 66.9. The molecule has 25 rings (SSSR count). The van der Waals surface area contributed by atoms with Gasteiger partial charge in [-0.25, -0.2) is 12.6 Å². The molecule has 2 aliphatic rings. The van der Waals surface area contributed by atoms with Crippen LogP contribution in [0, 0.1) is 30.3 Å². The monoisotopic (exact) mass is 2670 g/mol. The quantitative estimate of drug-likeness (QED) is 0.0961. The topological polar surface area (TPSA) is 153 Å². The second-order valence-electron chi connectivity index (χ2n) is 29.2. The van der Waals surface area contributed by atoms with Crippen molar-refractivity contribution in [3.63, 3.8) is 0 Å². The number of thiophene rings is 1. The van der Waals surface area contributed by atoms with Crippen molar-refractivity contribution in [2.45, 2.75) is 19.6 Å². The summed E-state index contributed by atoms with van der Waals surface area (Å²) in [5, 5.41) is 29.9. The smallest absolute Gasteiger partial charge is 0.135 e. The van der Waals surface area contributed by atoms with Gasteiger partial charge in [0.05, 0.1) is 55.2 Å². The summed E-state index contributed by atoms with van der Waals surface area (Å²) in [6.07, 6.45) is 19.4. The van der Waals surface area contributed by atoms with Crippen molar-refractivity contribution in [3.05, 3.63) is 426 Å². The molecule has 0 bridgehead atoms. The number of rotatable bonds is 10. The zero-order chi connectivity index (χ0) is 82.3. The van der Waals surface area contributed by atoms with Gasteiger partial charge in [0.2, 0.25) is 9.84 Å². The Balaban J connectivity index is 0.000000116. The van der Waals surface area contributed by atoms with E-state index in [2.05, 4.69) is 177 Å². The second kappa shape index (κ2) is 39.5. The van der Waals surface area contributed by atoms with E-state index >= 15 is 0 Å². The van der Waals surface area contributed by atoms with E-state index in [0.717, 1.165) is 127 Å². The maximum atomic E-state index is 12.7. The average Bonchev–Trinajstić information content (AvgIpc) is 1.58. The van der Waals surface area contributed by atoms with Crippen LogP contribution in [0.2, 0.25) is 0 Å². The number of aromatic nitrogens is 10. The molecule has 5 radical (unpaired) electrons. The van der Waals surface area contributed by atoms with Crippen molar-refractivity contribution in [1.29, 1.82) is 0 Å². The third-order valence-electron chi connectivity index (χ3n) is 21.7. The predicted octanol–water partition coefficient (Wildman–Crippen LogP) is 24.3.